The van der Waals surface area contributed by atoms with Crippen LogP contribution in [0.25, 0.3) is 11.3 Å². The second kappa shape index (κ2) is 4.72. The molecule has 2 rings (SSSR count). The maximum atomic E-state index is 11.6. The lowest BCUT2D eigenvalue weighted by Gasteiger charge is -2.07. The number of nitrogens with zero attached hydrogens (tertiary/aromatic N) is 2. The van der Waals surface area contributed by atoms with Crippen molar-refractivity contribution >= 4 is 17.4 Å². The Kier molecular flexibility index (Phi) is 3.29. The van der Waals surface area contributed by atoms with E-state index in [2.05, 4.69) is 5.10 Å². The van der Waals surface area contributed by atoms with Gasteiger partial charge < -0.3 is 0 Å². The number of aryl methyl sites for hydroxylation is 1. The smallest absolute Gasteiger partial charge is 0.163 e. The monoisotopic (exact) mass is 248 g/mol. The molecule has 0 N–H and O–H groups in total. The van der Waals surface area contributed by atoms with Crippen molar-refractivity contribution in [1.29, 1.82) is 0 Å². The quantitative estimate of drug-likeness (QED) is 0.780. The van der Waals surface area contributed by atoms with Crippen molar-refractivity contribution in [2.75, 3.05) is 0 Å². The lowest BCUT2D eigenvalue weighted by Crippen LogP contribution is -2.01. The number of hydrogen-bond acceptors (Lipinski definition) is 2. The van der Waals surface area contributed by atoms with Crippen LogP contribution in [0.5, 0.6) is 0 Å². The molecule has 0 saturated heterocycles. The number of Topliss-reactive ketones (excluding diaryl/α,β-unsaturated/α-hetero) is 1. The zero-order valence-corrected chi connectivity index (χ0v) is 10.5. The van der Waals surface area contributed by atoms with Gasteiger partial charge in [-0.25, -0.2) is 0 Å². The second-order valence-corrected chi connectivity index (χ2v) is 4.22. The van der Waals surface area contributed by atoms with Gasteiger partial charge in [-0.2, -0.15) is 5.10 Å². The van der Waals surface area contributed by atoms with E-state index in [0.717, 1.165) is 17.8 Å². The Bertz CT molecular complexity index is 543. The number of carbonyl (C=O) groups is 1. The molecule has 17 heavy (non-hydrogen) atoms. The van der Waals surface area contributed by atoms with Crippen molar-refractivity contribution in [2.45, 2.75) is 20.4 Å². The van der Waals surface area contributed by atoms with Gasteiger partial charge in [-0.05, 0) is 26.0 Å². The molecule has 0 aliphatic carbocycles. The molecule has 1 aromatic heterocycles. The maximum absolute atomic E-state index is 11.6. The summed E-state index contributed by atoms with van der Waals surface area (Å²) in [5.41, 5.74) is 2.46. The number of benzene rings is 1. The topological polar surface area (TPSA) is 34.9 Å². The third kappa shape index (κ3) is 2.24. The molecule has 0 radical (unpaired) electrons. The molecule has 0 unspecified atom stereocenters. The van der Waals surface area contributed by atoms with Crippen LogP contribution in [0.1, 0.15) is 24.2 Å². The Balaban J connectivity index is 2.59. The van der Waals surface area contributed by atoms with Crippen molar-refractivity contribution in [3.05, 3.63) is 41.0 Å². The Hall–Kier alpha value is -1.61. The Labute approximate surface area is 105 Å². The van der Waals surface area contributed by atoms with Crippen LogP contribution in [0.15, 0.2) is 30.5 Å². The average Bonchev–Trinajstić information content (AvgIpc) is 2.73. The molecule has 0 saturated carbocycles. The average molecular weight is 249 g/mol. The van der Waals surface area contributed by atoms with Crippen molar-refractivity contribution in [1.82, 2.24) is 9.78 Å². The fourth-order valence-electron chi connectivity index (χ4n) is 1.80. The van der Waals surface area contributed by atoms with Gasteiger partial charge in [-0.3, -0.25) is 9.48 Å². The second-order valence-electron chi connectivity index (χ2n) is 3.79. The molecule has 0 bridgehead atoms. The number of aromatic nitrogens is 2. The van der Waals surface area contributed by atoms with Crippen molar-refractivity contribution in [2.24, 2.45) is 0 Å². The number of halogens is 1. The molecule has 1 heterocycles. The molecule has 0 fully saturated rings. The Morgan fingerprint density at radius 3 is 2.53 bits per heavy atom. The highest BCUT2D eigenvalue weighted by Gasteiger charge is 2.15. The normalized spacial score (nSPS) is 10.5. The van der Waals surface area contributed by atoms with Crippen molar-refractivity contribution < 1.29 is 4.79 Å². The fourth-order valence-corrected chi connectivity index (χ4v) is 1.92. The highest BCUT2D eigenvalue weighted by molar-refractivity contribution is 6.30. The van der Waals surface area contributed by atoms with E-state index in [0.29, 0.717) is 10.6 Å². The molecule has 0 aliphatic heterocycles. The maximum Gasteiger partial charge on any atom is 0.163 e. The standard InChI is InChI=1S/C13H13ClN2O/c1-3-16-13(12(8-15-16)9(2)17)10-4-6-11(14)7-5-10/h4-8H,3H2,1-2H3. The van der Waals surface area contributed by atoms with Crippen molar-refractivity contribution in [3.63, 3.8) is 0 Å². The minimum atomic E-state index is 0.0228. The van der Waals surface area contributed by atoms with Crippen LogP contribution < -0.4 is 0 Å². The van der Waals surface area contributed by atoms with Gasteiger partial charge in [0.1, 0.15) is 0 Å². The Morgan fingerprint density at radius 1 is 1.35 bits per heavy atom. The molecule has 3 nitrogen and oxygen atoms in total. The fraction of sp³-hybridized carbons (Fsp3) is 0.231. The third-order valence-corrected chi connectivity index (χ3v) is 2.89. The van der Waals surface area contributed by atoms with E-state index in [1.54, 1.807) is 13.1 Å². The summed E-state index contributed by atoms with van der Waals surface area (Å²) in [6.45, 7) is 4.28. The summed E-state index contributed by atoms with van der Waals surface area (Å²) < 4.78 is 1.82. The van der Waals surface area contributed by atoms with Crippen molar-refractivity contribution in [3.8, 4) is 11.3 Å². The number of hydrogen-bond donors (Lipinski definition) is 0. The highest BCUT2D eigenvalue weighted by Crippen LogP contribution is 2.25. The largest absolute Gasteiger partial charge is 0.294 e. The van der Waals surface area contributed by atoms with Gasteiger partial charge in [0, 0.05) is 17.1 Å². The minimum absolute atomic E-state index is 0.0228. The molecule has 0 amide bonds. The predicted molar refractivity (Wildman–Crippen MR) is 68.4 cm³/mol. The highest BCUT2D eigenvalue weighted by atomic mass is 35.5. The van der Waals surface area contributed by atoms with E-state index in [-0.39, 0.29) is 5.78 Å². The van der Waals surface area contributed by atoms with Crippen LogP contribution in [0.4, 0.5) is 0 Å². The summed E-state index contributed by atoms with van der Waals surface area (Å²) in [6, 6.07) is 7.43. The van der Waals surface area contributed by atoms with Crippen LogP contribution in [-0.4, -0.2) is 15.6 Å². The summed E-state index contributed by atoms with van der Waals surface area (Å²) in [4.78, 5) is 11.6. The van der Waals surface area contributed by atoms with E-state index in [1.807, 2.05) is 35.9 Å². The molecular weight excluding hydrogens is 236 g/mol. The van der Waals surface area contributed by atoms with Gasteiger partial charge in [0.15, 0.2) is 5.78 Å². The molecule has 0 atom stereocenters. The summed E-state index contributed by atoms with van der Waals surface area (Å²) in [5, 5.41) is 4.90. The summed E-state index contributed by atoms with van der Waals surface area (Å²) in [6.07, 6.45) is 1.62. The van der Waals surface area contributed by atoms with E-state index >= 15 is 0 Å². The third-order valence-electron chi connectivity index (χ3n) is 2.64. The molecule has 4 heteroatoms. The SMILES string of the molecule is CCn1ncc(C(C)=O)c1-c1ccc(Cl)cc1. The first kappa shape index (κ1) is 11.9. The van der Waals surface area contributed by atoms with E-state index in [4.69, 9.17) is 11.6 Å². The van der Waals surface area contributed by atoms with Crippen LogP contribution in [0.2, 0.25) is 5.02 Å². The first-order valence-electron chi connectivity index (χ1n) is 5.46. The number of rotatable bonds is 3. The molecule has 1 aromatic carbocycles. The number of carbonyl (C=O) groups excluding carboxylic acids is 1. The first-order valence-corrected chi connectivity index (χ1v) is 5.84. The summed E-state index contributed by atoms with van der Waals surface area (Å²) >= 11 is 5.86. The predicted octanol–water partition coefficient (Wildman–Crippen LogP) is 3.43. The van der Waals surface area contributed by atoms with Gasteiger partial charge in [-0.15, -0.1) is 0 Å². The lowest BCUT2D eigenvalue weighted by molar-refractivity contribution is 0.101. The van der Waals surface area contributed by atoms with Crippen LogP contribution in [0, 0.1) is 0 Å². The molecule has 0 aliphatic rings. The van der Waals surface area contributed by atoms with E-state index in [1.165, 1.54) is 0 Å². The molecule has 88 valence electrons. The van der Waals surface area contributed by atoms with E-state index in [9.17, 15) is 4.79 Å². The Morgan fingerprint density at radius 2 is 2.00 bits per heavy atom. The summed E-state index contributed by atoms with van der Waals surface area (Å²) in [7, 11) is 0. The van der Waals surface area contributed by atoms with Gasteiger partial charge in [0.05, 0.1) is 17.5 Å². The van der Waals surface area contributed by atoms with Gasteiger partial charge >= 0.3 is 0 Å². The lowest BCUT2D eigenvalue weighted by atomic mass is 10.1. The van der Waals surface area contributed by atoms with Gasteiger partial charge in [-0.1, -0.05) is 23.7 Å². The zero-order chi connectivity index (χ0) is 12.4. The molecule has 2 aromatic rings. The zero-order valence-electron chi connectivity index (χ0n) is 9.77. The van der Waals surface area contributed by atoms with E-state index < -0.39 is 0 Å². The van der Waals surface area contributed by atoms with Crippen LogP contribution in [-0.2, 0) is 6.54 Å². The van der Waals surface area contributed by atoms with Gasteiger partial charge in [0.25, 0.3) is 0 Å². The van der Waals surface area contributed by atoms with Crippen LogP contribution >= 0.6 is 11.6 Å². The van der Waals surface area contributed by atoms with Crippen LogP contribution in [0.3, 0.4) is 0 Å². The number of ketones is 1. The molecule has 0 spiro atoms. The minimum Gasteiger partial charge on any atom is -0.294 e. The van der Waals surface area contributed by atoms with Gasteiger partial charge in [0.2, 0.25) is 0 Å². The first-order chi connectivity index (χ1) is 8.13. The molecular formula is C13H13ClN2O. The summed E-state index contributed by atoms with van der Waals surface area (Å²) in [5.74, 6) is 0.0228.